The van der Waals surface area contributed by atoms with Gasteiger partial charge in [0.1, 0.15) is 11.6 Å². The fourth-order valence-corrected chi connectivity index (χ4v) is 8.73. The first-order chi connectivity index (χ1) is 21.7. The predicted molar refractivity (Wildman–Crippen MR) is 176 cm³/mol. The van der Waals surface area contributed by atoms with Crippen molar-refractivity contribution < 1.29 is 29.0 Å². The zero-order valence-electron chi connectivity index (χ0n) is 26.4. The highest BCUT2D eigenvalue weighted by Gasteiger charge is 2.77. The standard InChI is InChI=1S/C34H47BrN4O6/c1-5-12-37(15-14-36-16-18-44-19-17-36)33(43)30-34-21-26(35)29(45-34)27(28(34)32(42)39(30)25(22-40)20-23(3)4)31(41)38(13-6-2)24-10-8-7-9-11-24/h5-11,23,25-30,40H,1-2,12-22H2,3-4H3/t25-,26?,27+,28+,29+,30?,34?/m1/s1. The van der Waals surface area contributed by atoms with Crippen molar-refractivity contribution in [3.05, 3.63) is 55.6 Å². The van der Waals surface area contributed by atoms with Gasteiger partial charge in [-0.1, -0.05) is 60.1 Å². The summed E-state index contributed by atoms with van der Waals surface area (Å²) in [6, 6.07) is 7.76. The van der Waals surface area contributed by atoms with E-state index in [1.807, 2.05) is 44.2 Å². The molecule has 0 aromatic heterocycles. The van der Waals surface area contributed by atoms with Crippen LogP contribution in [0.2, 0.25) is 0 Å². The first-order valence-electron chi connectivity index (χ1n) is 16.1. The molecule has 4 heterocycles. The summed E-state index contributed by atoms with van der Waals surface area (Å²) in [5, 5.41) is 10.6. The highest BCUT2D eigenvalue weighted by Crippen LogP contribution is 2.61. The van der Waals surface area contributed by atoms with E-state index in [-0.39, 0.29) is 41.6 Å². The molecule has 0 radical (unpaired) electrons. The minimum Gasteiger partial charge on any atom is -0.394 e. The second-order valence-corrected chi connectivity index (χ2v) is 14.2. The summed E-state index contributed by atoms with van der Waals surface area (Å²) in [6.07, 6.45) is 3.70. The molecular weight excluding hydrogens is 640 g/mol. The number of fused-ring (bicyclic) bond motifs is 1. The third kappa shape index (κ3) is 6.39. The molecule has 5 rings (SSSR count). The van der Waals surface area contributed by atoms with E-state index in [1.165, 1.54) is 0 Å². The molecule has 3 unspecified atom stereocenters. The van der Waals surface area contributed by atoms with Gasteiger partial charge in [-0.15, -0.1) is 13.2 Å². The number of halogens is 1. The number of morpholine rings is 1. The second kappa shape index (κ2) is 14.5. The van der Waals surface area contributed by atoms with Gasteiger partial charge in [-0.05, 0) is 30.9 Å². The molecule has 3 amide bonds. The van der Waals surface area contributed by atoms with Crippen molar-refractivity contribution in [3.8, 4) is 0 Å². The molecule has 11 heteroatoms. The highest BCUT2D eigenvalue weighted by atomic mass is 79.9. The van der Waals surface area contributed by atoms with Crippen LogP contribution < -0.4 is 4.90 Å². The smallest absolute Gasteiger partial charge is 0.248 e. The van der Waals surface area contributed by atoms with Gasteiger partial charge in [0.2, 0.25) is 17.7 Å². The Balaban J connectivity index is 1.54. The molecule has 4 saturated heterocycles. The number of likely N-dealkylation sites (tertiary alicyclic amines) is 1. The highest BCUT2D eigenvalue weighted by molar-refractivity contribution is 9.09. The molecule has 246 valence electrons. The average molecular weight is 688 g/mol. The lowest BCUT2D eigenvalue weighted by atomic mass is 9.70. The monoisotopic (exact) mass is 686 g/mol. The molecule has 1 N–H and O–H groups in total. The molecule has 0 saturated carbocycles. The average Bonchev–Trinajstić information content (AvgIpc) is 3.64. The third-order valence-corrected chi connectivity index (χ3v) is 10.5. The number of carbonyl (C=O) groups excluding carboxylic acids is 3. The van der Waals surface area contributed by atoms with Crippen LogP contribution in [0, 0.1) is 17.8 Å². The number of alkyl halides is 1. The number of anilines is 1. The number of hydrogen-bond acceptors (Lipinski definition) is 7. The van der Waals surface area contributed by atoms with E-state index in [2.05, 4.69) is 34.0 Å². The van der Waals surface area contributed by atoms with Crippen molar-refractivity contribution in [2.45, 2.75) is 55.3 Å². The van der Waals surface area contributed by atoms with Gasteiger partial charge in [-0.2, -0.15) is 0 Å². The number of nitrogens with zero attached hydrogens (tertiary/aromatic N) is 4. The van der Waals surface area contributed by atoms with Gasteiger partial charge in [-0.3, -0.25) is 19.3 Å². The lowest BCUT2D eigenvalue weighted by Gasteiger charge is -2.40. The Labute approximate surface area is 275 Å². The van der Waals surface area contributed by atoms with E-state index in [1.54, 1.807) is 26.9 Å². The molecule has 10 nitrogen and oxygen atoms in total. The van der Waals surface area contributed by atoms with E-state index >= 15 is 0 Å². The number of para-hydroxylation sites is 1. The van der Waals surface area contributed by atoms with Crippen molar-refractivity contribution in [1.29, 1.82) is 0 Å². The van der Waals surface area contributed by atoms with E-state index in [0.29, 0.717) is 51.4 Å². The first kappa shape index (κ1) is 33.8. The zero-order valence-corrected chi connectivity index (χ0v) is 28.0. The molecule has 4 aliphatic rings. The number of ether oxygens (including phenoxy) is 2. The van der Waals surface area contributed by atoms with Crippen molar-refractivity contribution in [2.24, 2.45) is 17.8 Å². The normalized spacial score (nSPS) is 29.9. The Kier molecular flexibility index (Phi) is 10.9. The second-order valence-electron chi connectivity index (χ2n) is 13.0. The Bertz CT molecular complexity index is 1240. The van der Waals surface area contributed by atoms with Crippen molar-refractivity contribution >= 4 is 39.3 Å². The van der Waals surface area contributed by atoms with Crippen LogP contribution in [0.5, 0.6) is 0 Å². The Hall–Kier alpha value is -2.57. The molecule has 4 fully saturated rings. The van der Waals surface area contributed by atoms with Gasteiger partial charge in [0.15, 0.2) is 0 Å². The number of aliphatic hydroxyl groups is 1. The van der Waals surface area contributed by atoms with Crippen LogP contribution >= 0.6 is 15.9 Å². The summed E-state index contributed by atoms with van der Waals surface area (Å²) in [5.41, 5.74) is -0.513. The van der Waals surface area contributed by atoms with Crippen LogP contribution in [-0.4, -0.2) is 125 Å². The maximum absolute atomic E-state index is 14.8. The summed E-state index contributed by atoms with van der Waals surface area (Å²) >= 11 is 3.79. The van der Waals surface area contributed by atoms with Crippen LogP contribution in [0.15, 0.2) is 55.6 Å². The lowest BCUT2D eigenvalue weighted by Crippen LogP contribution is -2.60. The van der Waals surface area contributed by atoms with Crippen LogP contribution in [0.25, 0.3) is 0 Å². The summed E-state index contributed by atoms with van der Waals surface area (Å²) in [5.74, 6) is -2.28. The summed E-state index contributed by atoms with van der Waals surface area (Å²) < 4.78 is 12.3. The molecular formula is C34H47BrN4O6. The van der Waals surface area contributed by atoms with Gasteiger partial charge >= 0.3 is 0 Å². The predicted octanol–water partition coefficient (Wildman–Crippen LogP) is 2.71. The first-order valence-corrected chi connectivity index (χ1v) is 17.0. The SMILES string of the molecule is C=CCN(CCN1CCOCC1)C(=O)C1N([C@@H](CO)CC(C)C)C(=O)[C@@H]2[C@H](C(=O)N(CC=C)c3ccccc3)[C@H]3OC12CC3Br. The Morgan fingerprint density at radius 2 is 1.82 bits per heavy atom. The van der Waals surface area contributed by atoms with Gasteiger partial charge in [0, 0.05) is 49.8 Å². The number of hydrogen-bond donors (Lipinski definition) is 1. The number of benzene rings is 1. The van der Waals surface area contributed by atoms with Gasteiger partial charge in [0.25, 0.3) is 0 Å². The molecule has 2 bridgehead atoms. The van der Waals surface area contributed by atoms with Crippen LogP contribution in [0.4, 0.5) is 5.69 Å². The van der Waals surface area contributed by atoms with E-state index in [4.69, 9.17) is 9.47 Å². The maximum Gasteiger partial charge on any atom is 0.248 e. The maximum atomic E-state index is 14.8. The summed E-state index contributed by atoms with van der Waals surface area (Å²) in [7, 11) is 0. The number of amides is 3. The molecule has 1 aromatic carbocycles. The van der Waals surface area contributed by atoms with E-state index < -0.39 is 35.6 Å². The fraction of sp³-hybridized carbons (Fsp3) is 0.618. The number of carbonyl (C=O) groups is 3. The molecule has 1 aromatic rings. The van der Waals surface area contributed by atoms with E-state index in [9.17, 15) is 19.5 Å². The molecule has 7 atom stereocenters. The fourth-order valence-electron chi connectivity index (χ4n) is 7.79. The molecule has 4 aliphatic heterocycles. The zero-order chi connectivity index (χ0) is 32.3. The number of aliphatic hydroxyl groups excluding tert-OH is 1. The summed E-state index contributed by atoms with van der Waals surface area (Å²) in [4.78, 5) is 51.0. The number of rotatable bonds is 14. The Morgan fingerprint density at radius 3 is 2.44 bits per heavy atom. The van der Waals surface area contributed by atoms with Crippen LogP contribution in [-0.2, 0) is 23.9 Å². The Morgan fingerprint density at radius 1 is 1.13 bits per heavy atom. The van der Waals surface area contributed by atoms with Crippen molar-refractivity contribution in [1.82, 2.24) is 14.7 Å². The molecule has 1 spiro atoms. The topological polar surface area (TPSA) is 103 Å². The minimum absolute atomic E-state index is 0.161. The molecule has 45 heavy (non-hydrogen) atoms. The van der Waals surface area contributed by atoms with Crippen molar-refractivity contribution in [3.63, 3.8) is 0 Å². The van der Waals surface area contributed by atoms with Crippen LogP contribution in [0.3, 0.4) is 0 Å². The lowest BCUT2D eigenvalue weighted by molar-refractivity contribution is -0.151. The quantitative estimate of drug-likeness (QED) is 0.237. The van der Waals surface area contributed by atoms with Gasteiger partial charge in [0.05, 0.1) is 43.8 Å². The van der Waals surface area contributed by atoms with Crippen molar-refractivity contribution in [2.75, 3.05) is 64.0 Å². The minimum atomic E-state index is -1.22. The van der Waals surface area contributed by atoms with Gasteiger partial charge < -0.3 is 29.3 Å². The van der Waals surface area contributed by atoms with Gasteiger partial charge in [-0.25, -0.2) is 0 Å². The van der Waals surface area contributed by atoms with E-state index in [0.717, 1.165) is 13.1 Å². The third-order valence-electron chi connectivity index (χ3n) is 9.69. The summed E-state index contributed by atoms with van der Waals surface area (Å²) in [6.45, 7) is 16.1. The molecule has 0 aliphatic carbocycles. The van der Waals surface area contributed by atoms with Crippen LogP contribution in [0.1, 0.15) is 26.7 Å². The largest absolute Gasteiger partial charge is 0.394 e.